The average molecular weight is 302 g/mol. The van der Waals surface area contributed by atoms with Gasteiger partial charge in [-0.3, -0.25) is 0 Å². The van der Waals surface area contributed by atoms with Crippen LogP contribution in [0.4, 0.5) is 4.39 Å². The number of benzene rings is 1. The maximum Gasteiger partial charge on any atom is 0.125 e. The lowest BCUT2D eigenvalue weighted by atomic mass is 10.0. The van der Waals surface area contributed by atoms with E-state index in [0.29, 0.717) is 17.0 Å². The molecule has 0 fully saturated rings. The van der Waals surface area contributed by atoms with E-state index < -0.39 is 0 Å². The molecule has 1 aromatic carbocycles. The van der Waals surface area contributed by atoms with Crippen molar-refractivity contribution in [2.75, 3.05) is 0 Å². The molecule has 0 aliphatic rings. The fourth-order valence-corrected chi connectivity index (χ4v) is 2.00. The number of ether oxygens (including phenoxy) is 1. The number of rotatable bonds is 8. The van der Waals surface area contributed by atoms with Crippen LogP contribution in [0.5, 0.6) is 5.75 Å². The quantitative estimate of drug-likeness (QED) is 0.712. The average Bonchev–Trinajstić information content (AvgIpc) is 2.48. The summed E-state index contributed by atoms with van der Waals surface area (Å²) in [4.78, 5) is 0. The highest BCUT2D eigenvalue weighted by atomic mass is 19.1. The number of nitriles is 1. The Bertz CT molecular complexity index is 575. The summed E-state index contributed by atoms with van der Waals surface area (Å²) in [7, 11) is 0. The number of halogens is 1. The number of hydrogen-bond acceptors (Lipinski definition) is 3. The molecule has 0 amide bonds. The first-order valence-electron chi connectivity index (χ1n) is 7.43. The molecule has 0 saturated carbocycles. The van der Waals surface area contributed by atoms with Crippen molar-refractivity contribution in [3.05, 3.63) is 54.0 Å². The van der Waals surface area contributed by atoms with Crippen molar-refractivity contribution >= 4 is 0 Å². The van der Waals surface area contributed by atoms with E-state index in [9.17, 15) is 4.39 Å². The van der Waals surface area contributed by atoms with Crippen LogP contribution in [0.25, 0.3) is 0 Å². The summed E-state index contributed by atoms with van der Waals surface area (Å²) in [6, 6.07) is 6.14. The van der Waals surface area contributed by atoms with Crippen LogP contribution in [-0.2, 0) is 0 Å². The van der Waals surface area contributed by atoms with E-state index >= 15 is 0 Å². The van der Waals surface area contributed by atoms with Gasteiger partial charge < -0.3 is 10.1 Å². The Kier molecular flexibility index (Phi) is 7.18. The number of nitrogens with zero attached hydrogens (tertiary/aromatic N) is 1. The highest BCUT2D eigenvalue weighted by Crippen LogP contribution is 2.30. The summed E-state index contributed by atoms with van der Waals surface area (Å²) < 4.78 is 19.5. The summed E-state index contributed by atoms with van der Waals surface area (Å²) in [6.07, 6.45) is 4.71. The summed E-state index contributed by atoms with van der Waals surface area (Å²) in [5.74, 6) is 0.240. The lowest BCUT2D eigenvalue weighted by molar-refractivity contribution is 0.213. The zero-order valence-corrected chi connectivity index (χ0v) is 13.4. The lowest BCUT2D eigenvalue weighted by Gasteiger charge is -2.23. The van der Waals surface area contributed by atoms with Gasteiger partial charge in [0, 0.05) is 11.3 Å². The maximum absolute atomic E-state index is 13.6. The Morgan fingerprint density at radius 3 is 2.86 bits per heavy atom. The van der Waals surface area contributed by atoms with Gasteiger partial charge in [-0.25, -0.2) is 4.39 Å². The highest BCUT2D eigenvalue weighted by Gasteiger charge is 2.18. The third-order valence-corrected chi connectivity index (χ3v) is 3.27. The third kappa shape index (κ3) is 5.25. The first-order chi connectivity index (χ1) is 10.5. The Hall–Kier alpha value is -2.28. The van der Waals surface area contributed by atoms with Gasteiger partial charge in [-0.15, -0.1) is 0 Å². The molecule has 118 valence electrons. The van der Waals surface area contributed by atoms with E-state index in [1.807, 2.05) is 26.8 Å². The van der Waals surface area contributed by atoms with Crippen molar-refractivity contribution in [2.24, 2.45) is 0 Å². The van der Waals surface area contributed by atoms with Gasteiger partial charge in [-0.2, -0.15) is 5.26 Å². The van der Waals surface area contributed by atoms with Crippen LogP contribution in [0.3, 0.4) is 0 Å². The van der Waals surface area contributed by atoms with Crippen molar-refractivity contribution in [1.82, 2.24) is 5.32 Å². The van der Waals surface area contributed by atoms with Gasteiger partial charge >= 0.3 is 0 Å². The van der Waals surface area contributed by atoms with Crippen molar-refractivity contribution < 1.29 is 9.13 Å². The van der Waals surface area contributed by atoms with Gasteiger partial charge in [-0.05, 0) is 44.5 Å². The molecule has 1 aromatic rings. The fraction of sp³-hybridized carbons (Fsp3) is 0.389. The minimum Gasteiger partial charge on any atom is -0.490 e. The summed E-state index contributed by atoms with van der Waals surface area (Å²) in [5, 5.41) is 12.2. The molecule has 1 N–H and O–H groups in total. The van der Waals surface area contributed by atoms with Crippen LogP contribution in [0.15, 0.2) is 42.6 Å². The molecule has 0 unspecified atom stereocenters. The molecule has 4 heteroatoms. The second-order valence-electron chi connectivity index (χ2n) is 5.10. The van der Waals surface area contributed by atoms with Crippen LogP contribution < -0.4 is 10.1 Å². The van der Waals surface area contributed by atoms with Gasteiger partial charge in [0.25, 0.3) is 0 Å². The molecule has 0 aliphatic heterocycles. The second-order valence-corrected chi connectivity index (χ2v) is 5.10. The van der Waals surface area contributed by atoms with Gasteiger partial charge in [0.2, 0.25) is 0 Å². The summed E-state index contributed by atoms with van der Waals surface area (Å²) >= 11 is 0. The van der Waals surface area contributed by atoms with Crippen LogP contribution in [0.1, 0.15) is 45.2 Å². The molecule has 0 aliphatic carbocycles. The minimum absolute atomic E-state index is 0.0192. The van der Waals surface area contributed by atoms with Gasteiger partial charge in [0.15, 0.2) is 0 Å². The second kappa shape index (κ2) is 8.89. The molecular weight excluding hydrogens is 279 g/mol. The van der Waals surface area contributed by atoms with Crippen LogP contribution in [0.2, 0.25) is 0 Å². The highest BCUT2D eigenvalue weighted by molar-refractivity contribution is 5.38. The van der Waals surface area contributed by atoms with Crippen molar-refractivity contribution in [1.29, 1.82) is 5.26 Å². The van der Waals surface area contributed by atoms with E-state index in [1.165, 1.54) is 12.1 Å². The minimum atomic E-state index is -0.372. The van der Waals surface area contributed by atoms with Gasteiger partial charge in [0.1, 0.15) is 11.6 Å². The fourth-order valence-electron chi connectivity index (χ4n) is 2.00. The zero-order chi connectivity index (χ0) is 16.5. The Balaban J connectivity index is 3.13. The molecule has 0 saturated heterocycles. The Morgan fingerprint density at radius 2 is 2.27 bits per heavy atom. The van der Waals surface area contributed by atoms with Crippen molar-refractivity contribution in [3.8, 4) is 11.8 Å². The van der Waals surface area contributed by atoms with Crippen LogP contribution >= 0.6 is 0 Å². The molecule has 2 atom stereocenters. The molecule has 0 spiro atoms. The normalized spacial score (nSPS) is 13.4. The van der Waals surface area contributed by atoms with E-state index in [2.05, 4.69) is 18.0 Å². The number of allylic oxidation sites excluding steroid dienone is 2. The Labute approximate surface area is 132 Å². The molecule has 1 rings (SSSR count). The van der Waals surface area contributed by atoms with Gasteiger partial charge in [0.05, 0.1) is 24.6 Å². The lowest BCUT2D eigenvalue weighted by Crippen LogP contribution is -2.21. The topological polar surface area (TPSA) is 45.0 Å². The molecule has 3 nitrogen and oxygen atoms in total. The molecule has 0 bridgehead atoms. The molecule has 0 aromatic heterocycles. The third-order valence-electron chi connectivity index (χ3n) is 3.27. The first-order valence-corrected chi connectivity index (χ1v) is 7.43. The largest absolute Gasteiger partial charge is 0.490 e. The molecule has 22 heavy (non-hydrogen) atoms. The standard InChI is InChI=1S/C18H23FN2O/c1-5-7-13(3)21-17(10-11-20)16-12-15(19)8-9-18(16)22-14(4)6-2/h5,7-9,12,14,17,21H,3,6,10H2,1-2,4H3/b7-5-/t14-,17+/m0/s1. The number of hydrogen-bond donors (Lipinski definition) is 1. The van der Waals surface area contributed by atoms with E-state index in [-0.39, 0.29) is 24.4 Å². The Morgan fingerprint density at radius 1 is 1.55 bits per heavy atom. The predicted molar refractivity (Wildman–Crippen MR) is 86.8 cm³/mol. The number of nitrogens with one attached hydrogen (secondary N) is 1. The van der Waals surface area contributed by atoms with Crippen molar-refractivity contribution in [2.45, 2.75) is 45.8 Å². The summed E-state index contributed by atoms with van der Waals surface area (Å²) in [5.41, 5.74) is 1.30. The van der Waals surface area contributed by atoms with E-state index in [1.54, 1.807) is 12.1 Å². The van der Waals surface area contributed by atoms with E-state index in [0.717, 1.165) is 6.42 Å². The molecular formula is C18H23FN2O. The van der Waals surface area contributed by atoms with Crippen molar-refractivity contribution in [3.63, 3.8) is 0 Å². The SMILES string of the molecule is C=C(/C=C\C)N[C@H](CC#N)c1cc(F)ccc1O[C@@H](C)CC. The molecule has 0 heterocycles. The van der Waals surface area contributed by atoms with Gasteiger partial charge in [-0.1, -0.05) is 19.6 Å². The molecule has 0 radical (unpaired) electrons. The first kappa shape index (κ1) is 17.8. The zero-order valence-electron chi connectivity index (χ0n) is 13.4. The van der Waals surface area contributed by atoms with Crippen LogP contribution in [0, 0.1) is 17.1 Å². The predicted octanol–water partition coefficient (Wildman–Crippen LogP) is 4.64. The smallest absolute Gasteiger partial charge is 0.125 e. The van der Waals surface area contributed by atoms with Crippen LogP contribution in [-0.4, -0.2) is 6.10 Å². The van der Waals surface area contributed by atoms with E-state index in [4.69, 9.17) is 10.00 Å². The maximum atomic E-state index is 13.6. The summed E-state index contributed by atoms with van der Waals surface area (Å²) in [6.45, 7) is 9.74. The monoisotopic (exact) mass is 302 g/mol.